The lowest BCUT2D eigenvalue weighted by Gasteiger charge is -2.15. The van der Waals surface area contributed by atoms with Crippen LogP contribution in [0, 0.1) is 19.7 Å². The summed E-state index contributed by atoms with van der Waals surface area (Å²) in [5, 5.41) is 2.78. The number of nitrogens with zero attached hydrogens (tertiary/aromatic N) is 1. The first-order valence-corrected chi connectivity index (χ1v) is 11.2. The van der Waals surface area contributed by atoms with Gasteiger partial charge in [0.2, 0.25) is 11.3 Å². The number of aromatic nitrogens is 1. The lowest BCUT2D eigenvalue weighted by molar-refractivity contribution is -0.116. The van der Waals surface area contributed by atoms with Gasteiger partial charge in [0.25, 0.3) is 0 Å². The molecule has 184 valence electrons. The van der Waals surface area contributed by atoms with Gasteiger partial charge in [-0.15, -0.1) is 0 Å². The maximum Gasteiger partial charge on any atom is 0.244 e. The van der Waals surface area contributed by atoms with E-state index in [2.05, 4.69) is 5.32 Å². The predicted octanol–water partition coefficient (Wildman–Crippen LogP) is 4.64. The molecule has 0 fully saturated rings. The number of ether oxygens (including phenoxy) is 2. The quantitative estimate of drug-likeness (QED) is 0.383. The van der Waals surface area contributed by atoms with E-state index in [0.29, 0.717) is 28.3 Å². The number of aryl methyl sites for hydroxylation is 2. The fraction of sp³-hybridized carbons (Fsp3) is 0.179. The highest BCUT2D eigenvalue weighted by Crippen LogP contribution is 2.29. The molecule has 36 heavy (non-hydrogen) atoms. The number of nitrogens with one attached hydrogen (secondary N) is 1. The summed E-state index contributed by atoms with van der Waals surface area (Å²) in [5.74, 6) is -0.583. The van der Waals surface area contributed by atoms with E-state index < -0.39 is 22.9 Å². The standard InChI is InChI=1S/C28H25FN2O5/c1-16-5-6-18(11-17(16)2)27(33)22-14-31(24-10-7-19(29)12-21(24)28(22)34)15-26(32)30-23-9-8-20(35-3)13-25(23)36-4/h5-14H,15H2,1-4H3,(H,30,32). The molecule has 0 bridgehead atoms. The molecule has 0 atom stereocenters. The summed E-state index contributed by atoms with van der Waals surface area (Å²) >= 11 is 0. The highest BCUT2D eigenvalue weighted by molar-refractivity contribution is 6.10. The Labute approximate surface area is 207 Å². The van der Waals surface area contributed by atoms with Crippen LogP contribution in [-0.2, 0) is 11.3 Å². The van der Waals surface area contributed by atoms with Gasteiger partial charge in [0, 0.05) is 23.2 Å². The Balaban J connectivity index is 1.75. The molecule has 0 aliphatic carbocycles. The van der Waals surface area contributed by atoms with Crippen molar-refractivity contribution in [2.75, 3.05) is 19.5 Å². The van der Waals surface area contributed by atoms with E-state index in [1.54, 1.807) is 36.4 Å². The molecule has 1 heterocycles. The van der Waals surface area contributed by atoms with Gasteiger partial charge in [-0.05, 0) is 61.4 Å². The van der Waals surface area contributed by atoms with Crippen molar-refractivity contribution in [2.24, 2.45) is 0 Å². The van der Waals surface area contributed by atoms with Crippen LogP contribution in [0.5, 0.6) is 11.5 Å². The van der Waals surface area contributed by atoms with Crippen molar-refractivity contribution in [3.8, 4) is 11.5 Å². The zero-order chi connectivity index (χ0) is 26.0. The van der Waals surface area contributed by atoms with Gasteiger partial charge in [0.05, 0.1) is 31.0 Å². The minimum absolute atomic E-state index is 0.0134. The van der Waals surface area contributed by atoms with Gasteiger partial charge in [-0.1, -0.05) is 12.1 Å². The molecule has 0 saturated heterocycles. The lowest BCUT2D eigenvalue weighted by atomic mass is 9.99. The number of halogens is 1. The molecule has 1 N–H and O–H groups in total. The first-order chi connectivity index (χ1) is 17.2. The van der Waals surface area contributed by atoms with Crippen molar-refractivity contribution in [3.63, 3.8) is 0 Å². The molecule has 0 spiro atoms. The minimum Gasteiger partial charge on any atom is -0.497 e. The normalized spacial score (nSPS) is 10.8. The van der Waals surface area contributed by atoms with Crippen molar-refractivity contribution in [1.29, 1.82) is 0 Å². The maximum absolute atomic E-state index is 14.1. The molecular weight excluding hydrogens is 463 g/mol. The molecule has 1 aromatic heterocycles. The van der Waals surface area contributed by atoms with Gasteiger partial charge in [-0.25, -0.2) is 4.39 Å². The Hall–Kier alpha value is -4.46. The Kier molecular flexibility index (Phi) is 6.87. The Morgan fingerprint density at radius 2 is 1.72 bits per heavy atom. The van der Waals surface area contributed by atoms with Crippen LogP contribution in [0.1, 0.15) is 27.0 Å². The van der Waals surface area contributed by atoms with Gasteiger partial charge in [0.15, 0.2) is 5.78 Å². The highest BCUT2D eigenvalue weighted by Gasteiger charge is 2.19. The number of methoxy groups -OCH3 is 2. The number of hydrogen-bond acceptors (Lipinski definition) is 5. The highest BCUT2D eigenvalue weighted by atomic mass is 19.1. The maximum atomic E-state index is 14.1. The smallest absolute Gasteiger partial charge is 0.244 e. The molecule has 0 radical (unpaired) electrons. The van der Waals surface area contributed by atoms with Crippen LogP contribution in [0.4, 0.5) is 10.1 Å². The van der Waals surface area contributed by atoms with Crippen LogP contribution in [-0.4, -0.2) is 30.5 Å². The number of amides is 1. The summed E-state index contributed by atoms with van der Waals surface area (Å²) in [4.78, 5) is 39.5. The lowest BCUT2D eigenvalue weighted by Crippen LogP contribution is -2.24. The van der Waals surface area contributed by atoms with E-state index in [9.17, 15) is 18.8 Å². The van der Waals surface area contributed by atoms with Crippen LogP contribution in [0.15, 0.2) is 65.6 Å². The van der Waals surface area contributed by atoms with Crippen molar-refractivity contribution < 1.29 is 23.5 Å². The molecule has 1 amide bonds. The van der Waals surface area contributed by atoms with E-state index >= 15 is 0 Å². The van der Waals surface area contributed by atoms with Crippen molar-refractivity contribution >= 4 is 28.3 Å². The number of carbonyl (C=O) groups excluding carboxylic acids is 2. The number of fused-ring (bicyclic) bond motifs is 1. The van der Waals surface area contributed by atoms with Gasteiger partial charge < -0.3 is 19.4 Å². The first-order valence-electron chi connectivity index (χ1n) is 11.2. The molecule has 0 aliphatic rings. The summed E-state index contributed by atoms with van der Waals surface area (Å²) < 4.78 is 26.0. The van der Waals surface area contributed by atoms with Crippen LogP contribution < -0.4 is 20.2 Å². The Bertz CT molecular complexity index is 1560. The number of hydrogen-bond donors (Lipinski definition) is 1. The summed E-state index contributed by atoms with van der Waals surface area (Å²) in [6.07, 6.45) is 1.35. The van der Waals surface area contributed by atoms with E-state index in [1.807, 2.05) is 13.8 Å². The average Bonchev–Trinajstić information content (AvgIpc) is 2.87. The van der Waals surface area contributed by atoms with E-state index in [-0.39, 0.29) is 17.5 Å². The average molecular weight is 489 g/mol. The second-order valence-corrected chi connectivity index (χ2v) is 8.40. The zero-order valence-corrected chi connectivity index (χ0v) is 20.3. The fourth-order valence-corrected chi connectivity index (χ4v) is 3.95. The van der Waals surface area contributed by atoms with E-state index in [0.717, 1.165) is 17.2 Å². The number of carbonyl (C=O) groups is 2. The van der Waals surface area contributed by atoms with Gasteiger partial charge in [-0.3, -0.25) is 14.4 Å². The van der Waals surface area contributed by atoms with Crippen LogP contribution in [0.3, 0.4) is 0 Å². The molecule has 7 nitrogen and oxygen atoms in total. The van der Waals surface area contributed by atoms with E-state index in [4.69, 9.17) is 9.47 Å². The second kappa shape index (κ2) is 10.0. The third-order valence-corrected chi connectivity index (χ3v) is 6.05. The fourth-order valence-electron chi connectivity index (χ4n) is 3.95. The van der Waals surface area contributed by atoms with Crippen LogP contribution in [0.2, 0.25) is 0 Å². The SMILES string of the molecule is COc1ccc(NC(=O)Cn2cc(C(=O)c3ccc(C)c(C)c3)c(=O)c3cc(F)ccc32)c(OC)c1. The topological polar surface area (TPSA) is 86.6 Å². The van der Waals surface area contributed by atoms with Crippen molar-refractivity contribution in [3.05, 3.63) is 99.1 Å². The van der Waals surface area contributed by atoms with Crippen LogP contribution >= 0.6 is 0 Å². The number of benzene rings is 3. The molecule has 3 aromatic carbocycles. The number of ketones is 1. The van der Waals surface area contributed by atoms with Crippen molar-refractivity contribution in [1.82, 2.24) is 4.57 Å². The van der Waals surface area contributed by atoms with Gasteiger partial charge >= 0.3 is 0 Å². The van der Waals surface area contributed by atoms with E-state index in [1.165, 1.54) is 37.1 Å². The first kappa shape index (κ1) is 24.7. The van der Waals surface area contributed by atoms with Gasteiger partial charge in [-0.2, -0.15) is 0 Å². The molecule has 4 aromatic rings. The van der Waals surface area contributed by atoms with Crippen LogP contribution in [0.25, 0.3) is 10.9 Å². The number of pyridine rings is 1. The minimum atomic E-state index is -0.616. The monoisotopic (exact) mass is 488 g/mol. The Morgan fingerprint density at radius 3 is 2.42 bits per heavy atom. The van der Waals surface area contributed by atoms with Gasteiger partial charge in [0.1, 0.15) is 23.9 Å². The molecule has 0 saturated carbocycles. The second-order valence-electron chi connectivity index (χ2n) is 8.40. The summed E-state index contributed by atoms with van der Waals surface area (Å²) in [6, 6.07) is 13.8. The summed E-state index contributed by atoms with van der Waals surface area (Å²) in [7, 11) is 2.99. The summed E-state index contributed by atoms with van der Waals surface area (Å²) in [6.45, 7) is 3.56. The molecule has 4 rings (SSSR count). The zero-order valence-electron chi connectivity index (χ0n) is 20.3. The number of rotatable bonds is 7. The molecule has 8 heteroatoms. The summed E-state index contributed by atoms with van der Waals surface area (Å²) in [5.41, 5.74) is 2.26. The molecular formula is C28H25FN2O5. The third-order valence-electron chi connectivity index (χ3n) is 6.05. The Morgan fingerprint density at radius 1 is 0.944 bits per heavy atom. The largest absolute Gasteiger partial charge is 0.497 e. The van der Waals surface area contributed by atoms with Crippen molar-refractivity contribution in [2.45, 2.75) is 20.4 Å². The molecule has 0 unspecified atom stereocenters. The third kappa shape index (κ3) is 4.84. The molecule has 0 aliphatic heterocycles. The number of anilines is 1. The predicted molar refractivity (Wildman–Crippen MR) is 136 cm³/mol.